The third kappa shape index (κ3) is 4.89. The molecule has 114 valence electrons. The minimum Gasteiger partial charge on any atom is -0.481 e. The van der Waals surface area contributed by atoms with Crippen LogP contribution in [-0.4, -0.2) is 40.2 Å². The van der Waals surface area contributed by atoms with Gasteiger partial charge in [-0.15, -0.1) is 0 Å². The molecule has 20 heavy (non-hydrogen) atoms. The van der Waals surface area contributed by atoms with Crippen molar-refractivity contribution in [1.82, 2.24) is 10.6 Å². The average Bonchev–Trinajstić information content (AvgIpc) is 3.12. The Kier molecular flexibility index (Phi) is 5.57. The minimum atomic E-state index is -0.845. The Bertz CT molecular complexity index is 360. The van der Waals surface area contributed by atoms with Crippen molar-refractivity contribution in [2.75, 3.05) is 5.75 Å². The third-order valence-corrected chi connectivity index (χ3v) is 5.26. The lowest BCUT2D eigenvalue weighted by Gasteiger charge is -2.19. The molecule has 0 saturated heterocycles. The molecule has 0 aromatic heterocycles. The van der Waals surface area contributed by atoms with Crippen LogP contribution < -0.4 is 10.6 Å². The first-order valence-corrected chi connectivity index (χ1v) is 8.53. The topological polar surface area (TPSA) is 78.4 Å². The van der Waals surface area contributed by atoms with E-state index in [4.69, 9.17) is 5.11 Å². The maximum absolute atomic E-state index is 12.0. The highest BCUT2D eigenvalue weighted by Gasteiger charge is 2.34. The molecule has 2 saturated carbocycles. The zero-order valence-electron chi connectivity index (χ0n) is 11.9. The molecule has 2 fully saturated rings. The van der Waals surface area contributed by atoms with Gasteiger partial charge in [0.2, 0.25) is 0 Å². The highest BCUT2D eigenvalue weighted by molar-refractivity contribution is 7.99. The molecule has 6 heteroatoms. The van der Waals surface area contributed by atoms with E-state index >= 15 is 0 Å². The lowest BCUT2D eigenvalue weighted by Crippen LogP contribution is -2.47. The van der Waals surface area contributed by atoms with Gasteiger partial charge in [-0.05, 0) is 43.8 Å². The molecule has 0 radical (unpaired) electrons. The van der Waals surface area contributed by atoms with Gasteiger partial charge in [-0.25, -0.2) is 4.79 Å². The molecule has 2 aliphatic rings. The number of thioether (sulfide) groups is 1. The monoisotopic (exact) mass is 300 g/mol. The van der Waals surface area contributed by atoms with Crippen molar-refractivity contribution < 1.29 is 14.7 Å². The van der Waals surface area contributed by atoms with Crippen LogP contribution >= 0.6 is 11.8 Å². The molecular formula is C14H24N2O3S. The summed E-state index contributed by atoms with van der Waals surface area (Å²) >= 11 is 1.96. The second kappa shape index (κ2) is 7.20. The second-order valence-corrected chi connectivity index (χ2v) is 7.32. The summed E-state index contributed by atoms with van der Waals surface area (Å²) in [6.07, 6.45) is 5.28. The maximum atomic E-state index is 12.0. The SMILES string of the molecule is CCSC1CCC(NC(=O)NC(CC(=O)O)C2CC2)C1. The molecular weight excluding hydrogens is 276 g/mol. The second-order valence-electron chi connectivity index (χ2n) is 5.75. The average molecular weight is 300 g/mol. The number of nitrogens with one attached hydrogen (secondary N) is 2. The van der Waals surface area contributed by atoms with Crippen LogP contribution in [0.3, 0.4) is 0 Å². The van der Waals surface area contributed by atoms with Crippen molar-refractivity contribution in [1.29, 1.82) is 0 Å². The van der Waals surface area contributed by atoms with Gasteiger partial charge in [-0.2, -0.15) is 11.8 Å². The third-order valence-electron chi connectivity index (χ3n) is 4.02. The predicted octanol–water partition coefficient (Wildman–Crippen LogP) is 2.21. The van der Waals surface area contributed by atoms with Gasteiger partial charge in [-0.1, -0.05) is 6.92 Å². The molecule has 0 aliphatic heterocycles. The van der Waals surface area contributed by atoms with Gasteiger partial charge in [0.15, 0.2) is 0 Å². The van der Waals surface area contributed by atoms with Gasteiger partial charge in [0.1, 0.15) is 0 Å². The molecule has 0 spiro atoms. The van der Waals surface area contributed by atoms with Crippen LogP contribution in [0.4, 0.5) is 4.79 Å². The zero-order chi connectivity index (χ0) is 14.5. The molecule has 2 aliphatic carbocycles. The number of hydrogen-bond acceptors (Lipinski definition) is 3. The van der Waals surface area contributed by atoms with E-state index in [0.29, 0.717) is 11.2 Å². The van der Waals surface area contributed by atoms with Crippen molar-refractivity contribution >= 4 is 23.8 Å². The normalized spacial score (nSPS) is 27.1. The summed E-state index contributed by atoms with van der Waals surface area (Å²) < 4.78 is 0. The molecule has 3 N–H and O–H groups in total. The predicted molar refractivity (Wildman–Crippen MR) is 80.0 cm³/mol. The molecule has 0 aromatic rings. The Morgan fingerprint density at radius 2 is 2.05 bits per heavy atom. The van der Waals surface area contributed by atoms with Crippen molar-refractivity contribution in [3.05, 3.63) is 0 Å². The number of aliphatic carboxylic acids is 1. The van der Waals surface area contributed by atoms with Crippen molar-refractivity contribution in [2.45, 2.75) is 62.8 Å². The fourth-order valence-electron chi connectivity index (χ4n) is 2.88. The van der Waals surface area contributed by atoms with Crippen LogP contribution in [0.5, 0.6) is 0 Å². The molecule has 0 aromatic carbocycles. The lowest BCUT2D eigenvalue weighted by molar-refractivity contribution is -0.137. The van der Waals surface area contributed by atoms with E-state index in [-0.39, 0.29) is 24.5 Å². The van der Waals surface area contributed by atoms with Gasteiger partial charge in [0.25, 0.3) is 0 Å². The zero-order valence-corrected chi connectivity index (χ0v) is 12.7. The number of carboxylic acid groups (broad SMARTS) is 1. The fourth-order valence-corrected chi connectivity index (χ4v) is 4.02. The van der Waals surface area contributed by atoms with Gasteiger partial charge in [-0.3, -0.25) is 4.79 Å². The van der Waals surface area contributed by atoms with Crippen molar-refractivity contribution in [3.8, 4) is 0 Å². The maximum Gasteiger partial charge on any atom is 0.315 e. The number of amides is 2. The Morgan fingerprint density at radius 3 is 2.65 bits per heavy atom. The fraction of sp³-hybridized carbons (Fsp3) is 0.857. The first kappa shape index (κ1) is 15.5. The van der Waals surface area contributed by atoms with E-state index in [1.54, 1.807) is 0 Å². The number of rotatable bonds is 7. The molecule has 5 nitrogen and oxygen atoms in total. The number of carboxylic acids is 1. The van der Waals surface area contributed by atoms with E-state index in [9.17, 15) is 9.59 Å². The van der Waals surface area contributed by atoms with E-state index in [1.807, 2.05) is 11.8 Å². The summed E-state index contributed by atoms with van der Waals surface area (Å²) in [4.78, 5) is 22.8. The quantitative estimate of drug-likeness (QED) is 0.673. The molecule has 3 unspecified atom stereocenters. The van der Waals surface area contributed by atoms with Gasteiger partial charge < -0.3 is 15.7 Å². The van der Waals surface area contributed by atoms with Crippen LogP contribution in [0.2, 0.25) is 0 Å². The number of carbonyl (C=O) groups is 2. The van der Waals surface area contributed by atoms with Crippen LogP contribution in [-0.2, 0) is 4.79 Å². The van der Waals surface area contributed by atoms with Crippen molar-refractivity contribution in [2.24, 2.45) is 5.92 Å². The van der Waals surface area contributed by atoms with E-state index in [2.05, 4.69) is 17.6 Å². The molecule has 2 rings (SSSR count). The van der Waals surface area contributed by atoms with E-state index < -0.39 is 5.97 Å². The Labute approximate surface area is 124 Å². The summed E-state index contributed by atoms with van der Waals surface area (Å²) in [5, 5.41) is 15.4. The summed E-state index contributed by atoms with van der Waals surface area (Å²) in [7, 11) is 0. The van der Waals surface area contributed by atoms with Crippen molar-refractivity contribution in [3.63, 3.8) is 0 Å². The Hall–Kier alpha value is -0.910. The Morgan fingerprint density at radius 1 is 1.30 bits per heavy atom. The highest BCUT2D eigenvalue weighted by atomic mass is 32.2. The molecule has 0 bridgehead atoms. The van der Waals surface area contributed by atoms with Gasteiger partial charge >= 0.3 is 12.0 Å². The van der Waals surface area contributed by atoms with Gasteiger partial charge in [0.05, 0.1) is 6.42 Å². The summed E-state index contributed by atoms with van der Waals surface area (Å²) in [6.45, 7) is 2.16. The number of urea groups is 1. The largest absolute Gasteiger partial charge is 0.481 e. The van der Waals surface area contributed by atoms with Crippen LogP contribution in [0.25, 0.3) is 0 Å². The highest BCUT2D eigenvalue weighted by Crippen LogP contribution is 2.34. The standard InChI is InChI=1S/C14H24N2O3S/c1-2-20-11-6-5-10(7-11)15-14(19)16-12(8-13(17)18)9-3-4-9/h9-12H,2-8H2,1H3,(H,17,18)(H2,15,16,19). The first-order valence-electron chi connectivity index (χ1n) is 7.49. The minimum absolute atomic E-state index is 0.0249. The van der Waals surface area contributed by atoms with Crippen LogP contribution in [0.15, 0.2) is 0 Å². The van der Waals surface area contributed by atoms with Crippen LogP contribution in [0.1, 0.15) is 45.4 Å². The first-order chi connectivity index (χ1) is 9.58. The summed E-state index contributed by atoms with van der Waals surface area (Å²) in [5.41, 5.74) is 0. The molecule has 0 heterocycles. The number of hydrogen-bond donors (Lipinski definition) is 3. The lowest BCUT2D eigenvalue weighted by atomic mass is 10.1. The summed E-state index contributed by atoms with van der Waals surface area (Å²) in [6, 6.07) is -0.172. The van der Waals surface area contributed by atoms with E-state index in [0.717, 1.165) is 37.9 Å². The smallest absolute Gasteiger partial charge is 0.315 e. The van der Waals surface area contributed by atoms with E-state index in [1.165, 1.54) is 0 Å². The number of carbonyl (C=O) groups excluding carboxylic acids is 1. The Balaban J connectivity index is 1.72. The molecule has 2 amide bonds. The molecule has 3 atom stereocenters. The summed E-state index contributed by atoms with van der Waals surface area (Å²) in [5.74, 6) is 0.623. The van der Waals surface area contributed by atoms with Crippen LogP contribution in [0, 0.1) is 5.92 Å². The van der Waals surface area contributed by atoms with Gasteiger partial charge in [0, 0.05) is 17.3 Å².